The summed E-state index contributed by atoms with van der Waals surface area (Å²) in [6, 6.07) is 0. The lowest BCUT2D eigenvalue weighted by Crippen LogP contribution is -2.09. The van der Waals surface area contributed by atoms with Crippen LogP contribution in [0.15, 0.2) is 6.20 Å². The molecule has 5 nitrogen and oxygen atoms in total. The van der Waals surface area contributed by atoms with Gasteiger partial charge < -0.3 is 5.73 Å². The smallest absolute Gasteiger partial charge is 0.0869 e. The molecule has 0 saturated heterocycles. The number of halogens is 1. The summed E-state index contributed by atoms with van der Waals surface area (Å²) < 4.78 is 3.73. The largest absolute Gasteiger partial charge is 0.326 e. The third-order valence-electron chi connectivity index (χ3n) is 3.23. The van der Waals surface area contributed by atoms with Crippen LogP contribution >= 0.6 is 11.6 Å². The van der Waals surface area contributed by atoms with Gasteiger partial charge in [-0.25, -0.2) is 0 Å². The van der Waals surface area contributed by atoms with Crippen LogP contribution in [-0.4, -0.2) is 19.6 Å². The Morgan fingerprint density at radius 3 is 2.67 bits per heavy atom. The van der Waals surface area contributed by atoms with Gasteiger partial charge in [0, 0.05) is 24.8 Å². The summed E-state index contributed by atoms with van der Waals surface area (Å²) in [6.07, 6.45) is 2.64. The van der Waals surface area contributed by atoms with Crippen molar-refractivity contribution in [1.29, 1.82) is 0 Å². The summed E-state index contributed by atoms with van der Waals surface area (Å²) in [5.41, 5.74) is 9.69. The average Bonchev–Trinajstić information content (AvgIpc) is 2.84. The maximum Gasteiger partial charge on any atom is 0.0869 e. The van der Waals surface area contributed by atoms with E-state index in [-0.39, 0.29) is 0 Å². The van der Waals surface area contributed by atoms with Crippen molar-refractivity contribution in [2.24, 2.45) is 12.8 Å². The van der Waals surface area contributed by atoms with Gasteiger partial charge in [-0.15, -0.1) is 0 Å². The molecule has 0 radical (unpaired) electrons. The van der Waals surface area contributed by atoms with E-state index >= 15 is 0 Å². The van der Waals surface area contributed by atoms with Gasteiger partial charge in [0.15, 0.2) is 0 Å². The normalized spacial score (nSPS) is 11.2. The highest BCUT2D eigenvalue weighted by atomic mass is 35.5. The second-order valence-corrected chi connectivity index (χ2v) is 4.68. The highest BCUT2D eigenvalue weighted by Gasteiger charge is 2.15. The summed E-state index contributed by atoms with van der Waals surface area (Å²) in [7, 11) is 1.91. The molecule has 2 N–H and O–H groups in total. The molecule has 2 rings (SSSR count). The topological polar surface area (TPSA) is 61.7 Å². The van der Waals surface area contributed by atoms with Crippen LogP contribution in [0.3, 0.4) is 0 Å². The molecule has 2 heterocycles. The first-order valence-corrected chi connectivity index (χ1v) is 6.37. The molecule has 0 saturated carbocycles. The molecule has 0 aromatic carbocycles. The van der Waals surface area contributed by atoms with Gasteiger partial charge in [-0.2, -0.15) is 10.2 Å². The molecule has 18 heavy (non-hydrogen) atoms. The Morgan fingerprint density at radius 1 is 1.44 bits per heavy atom. The van der Waals surface area contributed by atoms with E-state index in [9.17, 15) is 0 Å². The van der Waals surface area contributed by atoms with Gasteiger partial charge in [0.2, 0.25) is 0 Å². The van der Waals surface area contributed by atoms with Crippen LogP contribution in [0, 0.1) is 6.92 Å². The minimum Gasteiger partial charge on any atom is -0.326 e. The van der Waals surface area contributed by atoms with Crippen LogP contribution in [0.4, 0.5) is 0 Å². The second kappa shape index (κ2) is 5.12. The SMILES string of the molecule is CCc1nn(C)c(Cn2ncc(CN)c2C)c1Cl. The Morgan fingerprint density at radius 2 is 2.17 bits per heavy atom. The predicted molar refractivity (Wildman–Crippen MR) is 71.6 cm³/mol. The molecule has 6 heteroatoms. The van der Waals surface area contributed by atoms with Crippen molar-refractivity contribution in [2.75, 3.05) is 0 Å². The standard InChI is InChI=1S/C12H18ClN5/c1-4-10-12(13)11(17(3)16-10)7-18-8(2)9(5-14)6-15-18/h6H,4-5,7,14H2,1-3H3. The minimum atomic E-state index is 0.505. The van der Waals surface area contributed by atoms with E-state index in [1.54, 1.807) is 6.20 Å². The van der Waals surface area contributed by atoms with E-state index < -0.39 is 0 Å². The van der Waals surface area contributed by atoms with E-state index in [4.69, 9.17) is 17.3 Å². The average molecular weight is 268 g/mol. The van der Waals surface area contributed by atoms with Gasteiger partial charge in [-0.1, -0.05) is 18.5 Å². The zero-order valence-corrected chi connectivity index (χ0v) is 11.7. The monoisotopic (exact) mass is 267 g/mol. The molecular weight excluding hydrogens is 250 g/mol. The number of nitrogens with two attached hydrogens (primary N) is 1. The first-order chi connectivity index (χ1) is 8.58. The number of rotatable bonds is 4. The van der Waals surface area contributed by atoms with Gasteiger partial charge >= 0.3 is 0 Å². The summed E-state index contributed by atoms with van der Waals surface area (Å²) in [4.78, 5) is 0. The zero-order valence-electron chi connectivity index (χ0n) is 10.9. The third kappa shape index (κ3) is 2.15. The van der Waals surface area contributed by atoms with Crippen molar-refractivity contribution < 1.29 is 0 Å². The van der Waals surface area contributed by atoms with Crippen LogP contribution in [0.1, 0.15) is 29.6 Å². The Hall–Kier alpha value is -1.33. The molecule has 0 bridgehead atoms. The number of hydrogen-bond acceptors (Lipinski definition) is 3. The van der Waals surface area contributed by atoms with Crippen molar-refractivity contribution in [1.82, 2.24) is 19.6 Å². The lowest BCUT2D eigenvalue weighted by Gasteiger charge is -2.06. The van der Waals surface area contributed by atoms with Gasteiger partial charge in [-0.05, 0) is 13.3 Å². The van der Waals surface area contributed by atoms with Gasteiger partial charge in [-0.3, -0.25) is 9.36 Å². The van der Waals surface area contributed by atoms with Crippen molar-refractivity contribution in [3.05, 3.63) is 33.9 Å². The number of hydrogen-bond donors (Lipinski definition) is 1. The van der Waals surface area contributed by atoms with E-state index in [0.717, 1.165) is 34.1 Å². The molecule has 98 valence electrons. The quantitative estimate of drug-likeness (QED) is 0.916. The second-order valence-electron chi connectivity index (χ2n) is 4.30. The van der Waals surface area contributed by atoms with Gasteiger partial charge in [0.25, 0.3) is 0 Å². The molecule has 2 aromatic rings. The molecule has 0 aliphatic heterocycles. The maximum absolute atomic E-state index is 6.32. The molecule has 0 fully saturated rings. The first kappa shape index (κ1) is 13.1. The van der Waals surface area contributed by atoms with Crippen molar-refractivity contribution in [3.63, 3.8) is 0 Å². The van der Waals surface area contributed by atoms with Crippen LogP contribution in [0.2, 0.25) is 5.02 Å². The summed E-state index contributed by atoms with van der Waals surface area (Å²) in [5.74, 6) is 0. The van der Waals surface area contributed by atoms with Crippen LogP contribution < -0.4 is 5.73 Å². The Kier molecular flexibility index (Phi) is 3.73. The number of aromatic nitrogens is 4. The summed E-state index contributed by atoms with van der Waals surface area (Å²) in [6.45, 7) is 5.18. The highest BCUT2D eigenvalue weighted by Crippen LogP contribution is 2.22. The zero-order chi connectivity index (χ0) is 13.3. The Bertz CT molecular complexity index is 555. The molecular formula is C12H18ClN5. The fourth-order valence-electron chi connectivity index (χ4n) is 1.98. The molecule has 0 atom stereocenters. The lowest BCUT2D eigenvalue weighted by atomic mass is 10.2. The summed E-state index contributed by atoms with van der Waals surface area (Å²) >= 11 is 6.32. The molecule has 0 spiro atoms. The fourth-order valence-corrected chi connectivity index (χ4v) is 2.33. The first-order valence-electron chi connectivity index (χ1n) is 6.00. The molecule has 0 unspecified atom stereocenters. The third-order valence-corrected chi connectivity index (χ3v) is 3.66. The fraction of sp³-hybridized carbons (Fsp3) is 0.500. The summed E-state index contributed by atoms with van der Waals surface area (Å²) in [5, 5.41) is 9.48. The molecule has 0 aliphatic rings. The molecule has 0 aliphatic carbocycles. The van der Waals surface area contributed by atoms with Crippen LogP contribution in [0.25, 0.3) is 0 Å². The van der Waals surface area contributed by atoms with Gasteiger partial charge in [0.1, 0.15) is 0 Å². The Labute approximate surface area is 112 Å². The lowest BCUT2D eigenvalue weighted by molar-refractivity contribution is 0.605. The van der Waals surface area contributed by atoms with Crippen molar-refractivity contribution in [3.8, 4) is 0 Å². The minimum absolute atomic E-state index is 0.505. The predicted octanol–water partition coefficient (Wildman–Crippen LogP) is 1.65. The van der Waals surface area contributed by atoms with E-state index in [1.165, 1.54) is 0 Å². The van der Waals surface area contributed by atoms with E-state index in [1.807, 2.05) is 30.3 Å². The van der Waals surface area contributed by atoms with E-state index in [0.29, 0.717) is 13.1 Å². The maximum atomic E-state index is 6.32. The Balaban J connectivity index is 2.34. The van der Waals surface area contributed by atoms with E-state index in [2.05, 4.69) is 10.2 Å². The van der Waals surface area contributed by atoms with Crippen molar-refractivity contribution in [2.45, 2.75) is 33.4 Å². The molecule has 2 aromatic heterocycles. The van der Waals surface area contributed by atoms with Crippen molar-refractivity contribution >= 4 is 11.6 Å². The van der Waals surface area contributed by atoms with Crippen LogP contribution in [0.5, 0.6) is 0 Å². The van der Waals surface area contributed by atoms with Crippen LogP contribution in [-0.2, 0) is 26.6 Å². The number of aryl methyl sites for hydroxylation is 2. The van der Waals surface area contributed by atoms with Gasteiger partial charge in [0.05, 0.1) is 29.2 Å². The number of nitrogens with zero attached hydrogens (tertiary/aromatic N) is 4. The molecule has 0 amide bonds. The highest BCUT2D eigenvalue weighted by molar-refractivity contribution is 6.31.